The third-order valence-electron chi connectivity index (χ3n) is 3.96. The van der Waals surface area contributed by atoms with Crippen LogP contribution < -0.4 is 0 Å². The third kappa shape index (κ3) is 3.45. The molecule has 0 aromatic rings. The molecule has 0 aromatic carbocycles. The lowest BCUT2D eigenvalue weighted by Crippen LogP contribution is -2.46. The first kappa shape index (κ1) is 13.8. The minimum absolute atomic E-state index is 0.0345. The van der Waals surface area contributed by atoms with Gasteiger partial charge in [-0.2, -0.15) is 0 Å². The molecule has 0 saturated heterocycles. The molecule has 2 fully saturated rings. The molecule has 104 valence electrons. The van der Waals surface area contributed by atoms with E-state index in [0.29, 0.717) is 12.3 Å². The van der Waals surface area contributed by atoms with E-state index in [1.54, 1.807) is 0 Å². The van der Waals surface area contributed by atoms with Crippen LogP contribution in [0.25, 0.3) is 0 Å². The van der Waals surface area contributed by atoms with Crippen molar-refractivity contribution in [2.24, 2.45) is 5.92 Å². The lowest BCUT2D eigenvalue weighted by atomic mass is 10.2. The Morgan fingerprint density at radius 1 is 1.28 bits per heavy atom. The summed E-state index contributed by atoms with van der Waals surface area (Å²) in [6, 6.07) is -0.100. The number of hydrogen-bond donors (Lipinski definition) is 1. The smallest absolute Gasteiger partial charge is 0.317 e. The summed E-state index contributed by atoms with van der Waals surface area (Å²) in [4.78, 5) is 12.8. The fourth-order valence-electron chi connectivity index (χ4n) is 2.95. The fraction of sp³-hybridized carbons (Fsp3) is 0.917. The zero-order chi connectivity index (χ0) is 13.3. The molecule has 1 N–H and O–H groups in total. The molecule has 2 aliphatic rings. The summed E-state index contributed by atoms with van der Waals surface area (Å²) >= 11 is 0. The van der Waals surface area contributed by atoms with Gasteiger partial charge < -0.3 is 5.11 Å². The lowest BCUT2D eigenvalue weighted by molar-refractivity contribution is -0.139. The number of carbonyl (C=O) groups is 1. The Balaban J connectivity index is 2.09. The van der Waals surface area contributed by atoms with E-state index in [0.717, 1.165) is 32.2 Å². The minimum Gasteiger partial charge on any atom is -0.480 e. The van der Waals surface area contributed by atoms with Crippen molar-refractivity contribution < 1.29 is 18.3 Å². The van der Waals surface area contributed by atoms with Crippen LogP contribution in [0.1, 0.15) is 32.1 Å². The molecule has 0 heterocycles. The first-order chi connectivity index (χ1) is 8.38. The Bertz CT molecular complexity index is 416. The number of carboxylic acid groups (broad SMARTS) is 1. The normalized spacial score (nSPS) is 28.8. The average Bonchev–Trinajstić information content (AvgIpc) is 2.90. The van der Waals surface area contributed by atoms with Gasteiger partial charge in [-0.15, -0.1) is 0 Å². The Morgan fingerprint density at radius 2 is 1.94 bits per heavy atom. The molecule has 0 radical (unpaired) electrons. The molecule has 6 heteroatoms. The van der Waals surface area contributed by atoms with Crippen molar-refractivity contribution in [3.63, 3.8) is 0 Å². The first-order valence-corrected chi connectivity index (χ1v) is 8.48. The molecule has 2 aliphatic carbocycles. The molecule has 0 aliphatic heterocycles. The maximum Gasteiger partial charge on any atom is 0.317 e. The second kappa shape index (κ2) is 5.17. The van der Waals surface area contributed by atoms with Gasteiger partial charge in [0.15, 0.2) is 9.84 Å². The fourth-order valence-corrected chi connectivity index (χ4v) is 4.42. The van der Waals surface area contributed by atoms with Gasteiger partial charge in [0.05, 0.1) is 11.8 Å². The van der Waals surface area contributed by atoms with Gasteiger partial charge >= 0.3 is 5.97 Å². The molecule has 5 nitrogen and oxygen atoms in total. The summed E-state index contributed by atoms with van der Waals surface area (Å²) in [5, 5.41) is 8.60. The van der Waals surface area contributed by atoms with Gasteiger partial charge in [0.25, 0.3) is 0 Å². The van der Waals surface area contributed by atoms with Crippen LogP contribution in [0.5, 0.6) is 0 Å². The second-order valence-corrected chi connectivity index (χ2v) is 7.90. The largest absolute Gasteiger partial charge is 0.480 e. The monoisotopic (exact) mass is 275 g/mol. The quantitative estimate of drug-likeness (QED) is 0.774. The predicted octanol–water partition coefficient (Wildman–Crippen LogP) is 0.749. The highest BCUT2D eigenvalue weighted by Crippen LogP contribution is 2.34. The number of nitrogens with zero attached hydrogens (tertiary/aromatic N) is 1. The van der Waals surface area contributed by atoms with E-state index in [4.69, 9.17) is 5.11 Å². The minimum atomic E-state index is -3.08. The summed E-state index contributed by atoms with van der Waals surface area (Å²) in [5.41, 5.74) is 0. The number of rotatable bonds is 6. The number of sulfone groups is 1. The summed E-state index contributed by atoms with van der Waals surface area (Å²) < 4.78 is 23.5. The van der Waals surface area contributed by atoms with Gasteiger partial charge in [-0.25, -0.2) is 8.42 Å². The summed E-state index contributed by atoms with van der Waals surface area (Å²) in [6.07, 6.45) is 5.91. The van der Waals surface area contributed by atoms with Crippen molar-refractivity contribution in [2.45, 2.75) is 43.4 Å². The predicted molar refractivity (Wildman–Crippen MR) is 68.2 cm³/mol. The van der Waals surface area contributed by atoms with E-state index < -0.39 is 15.8 Å². The van der Waals surface area contributed by atoms with Crippen molar-refractivity contribution in [1.82, 2.24) is 4.90 Å². The number of carboxylic acids is 1. The average molecular weight is 275 g/mol. The first-order valence-electron chi connectivity index (χ1n) is 6.52. The van der Waals surface area contributed by atoms with Crippen molar-refractivity contribution >= 4 is 15.8 Å². The highest BCUT2D eigenvalue weighted by Gasteiger charge is 2.40. The Morgan fingerprint density at radius 3 is 2.44 bits per heavy atom. The number of hydrogen-bond acceptors (Lipinski definition) is 4. The molecule has 0 spiro atoms. The zero-order valence-electron chi connectivity index (χ0n) is 10.7. The van der Waals surface area contributed by atoms with E-state index in [1.165, 1.54) is 6.26 Å². The number of aliphatic carboxylic acids is 1. The topological polar surface area (TPSA) is 74.7 Å². The van der Waals surface area contributed by atoms with Gasteiger partial charge in [-0.3, -0.25) is 9.69 Å². The van der Waals surface area contributed by atoms with Crippen LogP contribution in [-0.4, -0.2) is 55.0 Å². The summed E-state index contributed by atoms with van der Waals surface area (Å²) in [7, 11) is -3.08. The highest BCUT2D eigenvalue weighted by atomic mass is 32.2. The van der Waals surface area contributed by atoms with Gasteiger partial charge in [0, 0.05) is 18.8 Å². The van der Waals surface area contributed by atoms with E-state index in [-0.39, 0.29) is 17.8 Å². The maximum absolute atomic E-state index is 11.8. The molecule has 2 saturated carbocycles. The SMILES string of the molecule is CS(=O)(=O)C1CCCC1N(CC(=O)O)CC1CC1. The molecule has 2 atom stereocenters. The molecular formula is C12H21NO4S. The van der Waals surface area contributed by atoms with E-state index in [2.05, 4.69) is 0 Å². The van der Waals surface area contributed by atoms with Crippen molar-refractivity contribution in [2.75, 3.05) is 19.3 Å². The molecule has 18 heavy (non-hydrogen) atoms. The van der Waals surface area contributed by atoms with Crippen LogP contribution in [0.2, 0.25) is 0 Å². The van der Waals surface area contributed by atoms with E-state index in [1.807, 2.05) is 4.90 Å². The van der Waals surface area contributed by atoms with Crippen LogP contribution in [0, 0.1) is 5.92 Å². The Labute approximate surface area is 108 Å². The van der Waals surface area contributed by atoms with Gasteiger partial charge in [0.1, 0.15) is 0 Å². The highest BCUT2D eigenvalue weighted by molar-refractivity contribution is 7.91. The maximum atomic E-state index is 11.8. The zero-order valence-corrected chi connectivity index (χ0v) is 11.5. The lowest BCUT2D eigenvalue weighted by Gasteiger charge is -2.31. The van der Waals surface area contributed by atoms with Gasteiger partial charge in [0.2, 0.25) is 0 Å². The Hall–Kier alpha value is -0.620. The Kier molecular flexibility index (Phi) is 3.96. The van der Waals surface area contributed by atoms with Crippen LogP contribution in [0.15, 0.2) is 0 Å². The molecule has 0 bridgehead atoms. The molecule has 2 rings (SSSR count). The summed E-state index contributed by atoms with van der Waals surface area (Å²) in [5.74, 6) is -0.292. The summed E-state index contributed by atoms with van der Waals surface area (Å²) in [6.45, 7) is 0.705. The van der Waals surface area contributed by atoms with Crippen LogP contribution in [0.4, 0.5) is 0 Å². The van der Waals surface area contributed by atoms with Crippen LogP contribution in [0.3, 0.4) is 0 Å². The second-order valence-electron chi connectivity index (χ2n) is 5.63. The van der Waals surface area contributed by atoms with Crippen LogP contribution >= 0.6 is 0 Å². The van der Waals surface area contributed by atoms with E-state index in [9.17, 15) is 13.2 Å². The van der Waals surface area contributed by atoms with Crippen molar-refractivity contribution in [3.05, 3.63) is 0 Å². The molecule has 2 unspecified atom stereocenters. The third-order valence-corrected chi connectivity index (χ3v) is 5.61. The van der Waals surface area contributed by atoms with Gasteiger partial charge in [-0.05, 0) is 31.6 Å². The molecule has 0 amide bonds. The molecule has 0 aromatic heterocycles. The van der Waals surface area contributed by atoms with Gasteiger partial charge in [-0.1, -0.05) is 6.42 Å². The van der Waals surface area contributed by atoms with E-state index >= 15 is 0 Å². The standard InChI is InChI=1S/C12H21NO4S/c1-18(16,17)11-4-2-3-10(11)13(8-12(14)15)7-9-5-6-9/h9-11H,2-8H2,1H3,(H,14,15). The van der Waals surface area contributed by atoms with Crippen LogP contribution in [-0.2, 0) is 14.6 Å². The molecular weight excluding hydrogens is 254 g/mol. The van der Waals surface area contributed by atoms with Crippen molar-refractivity contribution in [1.29, 1.82) is 0 Å². The van der Waals surface area contributed by atoms with Crippen molar-refractivity contribution in [3.8, 4) is 0 Å².